The molecule has 0 aliphatic carbocycles. The molecule has 2 fully saturated rings. The molecular formula is C18H27N3O5S. The number of sulfonamides is 1. The Morgan fingerprint density at radius 2 is 1.89 bits per heavy atom. The van der Waals surface area contributed by atoms with Gasteiger partial charge in [0, 0.05) is 37.9 Å². The van der Waals surface area contributed by atoms with Gasteiger partial charge in [-0.1, -0.05) is 6.07 Å². The Labute approximate surface area is 160 Å². The van der Waals surface area contributed by atoms with Crippen LogP contribution < -0.4 is 4.72 Å². The summed E-state index contributed by atoms with van der Waals surface area (Å²) in [5.74, 6) is 0.287. The number of nitro groups is 1. The molecule has 150 valence electrons. The van der Waals surface area contributed by atoms with Gasteiger partial charge in [-0.05, 0) is 57.2 Å². The van der Waals surface area contributed by atoms with Gasteiger partial charge in [-0.2, -0.15) is 0 Å². The van der Waals surface area contributed by atoms with Gasteiger partial charge in [0.2, 0.25) is 10.0 Å². The fourth-order valence-electron chi connectivity index (χ4n) is 3.87. The molecule has 0 aromatic heterocycles. The van der Waals surface area contributed by atoms with Crippen LogP contribution in [0.5, 0.6) is 0 Å². The highest BCUT2D eigenvalue weighted by Gasteiger charge is 2.28. The van der Waals surface area contributed by atoms with E-state index in [2.05, 4.69) is 9.62 Å². The average Bonchev–Trinajstić information content (AvgIpc) is 2.67. The van der Waals surface area contributed by atoms with Crippen molar-refractivity contribution in [3.63, 3.8) is 0 Å². The van der Waals surface area contributed by atoms with Crippen LogP contribution >= 0.6 is 0 Å². The summed E-state index contributed by atoms with van der Waals surface area (Å²) in [4.78, 5) is 12.8. The lowest BCUT2D eigenvalue weighted by Gasteiger charge is -2.39. The highest BCUT2D eigenvalue weighted by atomic mass is 32.2. The van der Waals surface area contributed by atoms with Crippen LogP contribution in [0.3, 0.4) is 0 Å². The summed E-state index contributed by atoms with van der Waals surface area (Å²) in [6, 6.07) is 4.51. The molecule has 0 radical (unpaired) electrons. The van der Waals surface area contributed by atoms with Crippen molar-refractivity contribution in [2.24, 2.45) is 5.92 Å². The van der Waals surface area contributed by atoms with Gasteiger partial charge in [0.1, 0.15) is 0 Å². The van der Waals surface area contributed by atoms with Gasteiger partial charge in [-0.15, -0.1) is 0 Å². The molecule has 1 N–H and O–H groups in total. The third-order valence-electron chi connectivity index (χ3n) is 5.59. The molecular weight excluding hydrogens is 370 g/mol. The normalized spacial score (nSPS) is 20.6. The van der Waals surface area contributed by atoms with Crippen molar-refractivity contribution >= 4 is 15.7 Å². The largest absolute Gasteiger partial charge is 0.381 e. The lowest BCUT2D eigenvalue weighted by Crippen LogP contribution is -2.45. The molecule has 0 bridgehead atoms. The smallest absolute Gasteiger partial charge is 0.270 e. The Morgan fingerprint density at radius 3 is 2.52 bits per heavy atom. The van der Waals surface area contributed by atoms with E-state index < -0.39 is 14.9 Å². The number of rotatable bonds is 6. The van der Waals surface area contributed by atoms with E-state index in [-0.39, 0.29) is 16.5 Å². The molecule has 2 saturated heterocycles. The molecule has 0 atom stereocenters. The van der Waals surface area contributed by atoms with Gasteiger partial charge < -0.3 is 9.64 Å². The van der Waals surface area contributed by atoms with E-state index in [1.165, 1.54) is 12.1 Å². The average molecular weight is 397 g/mol. The quantitative estimate of drug-likeness (QED) is 0.582. The van der Waals surface area contributed by atoms with E-state index in [1.807, 2.05) is 0 Å². The number of hydrogen-bond donors (Lipinski definition) is 1. The predicted molar refractivity (Wildman–Crippen MR) is 101 cm³/mol. The lowest BCUT2D eigenvalue weighted by atomic mass is 9.94. The number of ether oxygens (including phenoxy) is 1. The Bertz CT molecular complexity index is 769. The molecule has 0 amide bonds. The summed E-state index contributed by atoms with van der Waals surface area (Å²) in [5.41, 5.74) is 0.285. The Balaban J connectivity index is 1.55. The second-order valence-corrected chi connectivity index (χ2v) is 9.12. The van der Waals surface area contributed by atoms with Crippen LogP contribution in [0.15, 0.2) is 23.1 Å². The second-order valence-electron chi connectivity index (χ2n) is 7.38. The molecule has 1 aromatic carbocycles. The van der Waals surface area contributed by atoms with E-state index in [0.29, 0.717) is 18.2 Å². The first kappa shape index (κ1) is 20.2. The van der Waals surface area contributed by atoms with Gasteiger partial charge >= 0.3 is 0 Å². The van der Waals surface area contributed by atoms with Gasteiger partial charge in [0.15, 0.2) is 0 Å². The molecule has 0 spiro atoms. The molecule has 2 aliphatic heterocycles. The minimum absolute atomic E-state index is 0.0173. The van der Waals surface area contributed by atoms with Crippen LogP contribution in [0.2, 0.25) is 0 Å². The predicted octanol–water partition coefficient (Wildman–Crippen LogP) is 2.07. The molecule has 27 heavy (non-hydrogen) atoms. The van der Waals surface area contributed by atoms with Crippen LogP contribution in [0.4, 0.5) is 5.69 Å². The van der Waals surface area contributed by atoms with E-state index in [4.69, 9.17) is 4.74 Å². The highest BCUT2D eigenvalue weighted by Crippen LogP contribution is 2.25. The standard InChI is InChI=1S/C18H27N3O5S/c1-14-2-3-17(21(22)23)12-18(14)27(24,25)19-13-15-4-8-20(9-5-15)16-6-10-26-11-7-16/h2-3,12,15-16,19H,4-11,13H2,1H3. The maximum atomic E-state index is 12.6. The fourth-order valence-corrected chi connectivity index (χ4v) is 5.25. The number of non-ortho nitro benzene ring substituents is 1. The lowest BCUT2D eigenvalue weighted by molar-refractivity contribution is -0.385. The van der Waals surface area contributed by atoms with E-state index in [9.17, 15) is 18.5 Å². The monoisotopic (exact) mass is 397 g/mol. The third kappa shape index (κ3) is 5.04. The summed E-state index contributed by atoms with van der Waals surface area (Å²) in [6.45, 7) is 5.62. The Morgan fingerprint density at radius 1 is 1.22 bits per heavy atom. The van der Waals surface area contributed by atoms with E-state index >= 15 is 0 Å². The van der Waals surface area contributed by atoms with Crippen molar-refractivity contribution < 1.29 is 18.1 Å². The Kier molecular flexibility index (Phi) is 6.46. The maximum absolute atomic E-state index is 12.6. The van der Waals surface area contributed by atoms with Crippen LogP contribution in [-0.4, -0.2) is 57.1 Å². The zero-order valence-electron chi connectivity index (χ0n) is 15.6. The summed E-state index contributed by atoms with van der Waals surface area (Å²) < 4.78 is 33.3. The molecule has 0 unspecified atom stereocenters. The van der Waals surface area contributed by atoms with E-state index in [0.717, 1.165) is 58.1 Å². The van der Waals surface area contributed by atoms with Gasteiger partial charge in [0.05, 0.1) is 9.82 Å². The second kappa shape index (κ2) is 8.64. The molecule has 0 saturated carbocycles. The number of hydrogen-bond acceptors (Lipinski definition) is 6. The molecule has 2 aliphatic rings. The number of nitro benzene ring substituents is 1. The molecule has 9 heteroatoms. The SMILES string of the molecule is Cc1ccc([N+](=O)[O-])cc1S(=O)(=O)NCC1CCN(C2CCOCC2)CC1. The molecule has 3 rings (SSSR count). The first-order valence-electron chi connectivity index (χ1n) is 9.43. The van der Waals surface area contributed by atoms with Crippen molar-refractivity contribution in [3.05, 3.63) is 33.9 Å². The first-order valence-corrected chi connectivity index (χ1v) is 10.9. The summed E-state index contributed by atoms with van der Waals surface area (Å²) in [6.07, 6.45) is 4.05. The fraction of sp³-hybridized carbons (Fsp3) is 0.667. The zero-order valence-corrected chi connectivity index (χ0v) is 16.4. The van der Waals surface area contributed by atoms with Crippen LogP contribution in [0.1, 0.15) is 31.2 Å². The van der Waals surface area contributed by atoms with E-state index in [1.54, 1.807) is 6.92 Å². The summed E-state index contributed by atoms with van der Waals surface area (Å²) in [5, 5.41) is 10.9. The van der Waals surface area contributed by atoms with Gasteiger partial charge in [0.25, 0.3) is 5.69 Å². The van der Waals surface area contributed by atoms with Crippen LogP contribution in [0, 0.1) is 23.0 Å². The Hall–Kier alpha value is -1.55. The number of aryl methyl sites for hydroxylation is 1. The van der Waals surface area contributed by atoms with Crippen molar-refractivity contribution in [1.29, 1.82) is 0 Å². The van der Waals surface area contributed by atoms with Crippen molar-refractivity contribution in [3.8, 4) is 0 Å². The molecule has 2 heterocycles. The number of nitrogens with zero attached hydrogens (tertiary/aromatic N) is 2. The molecule has 8 nitrogen and oxygen atoms in total. The number of nitrogens with one attached hydrogen (secondary N) is 1. The number of benzene rings is 1. The van der Waals surface area contributed by atoms with Crippen LogP contribution in [-0.2, 0) is 14.8 Å². The topological polar surface area (TPSA) is 102 Å². The molecule has 1 aromatic rings. The van der Waals surface area contributed by atoms with Crippen molar-refractivity contribution in [2.75, 3.05) is 32.8 Å². The first-order chi connectivity index (χ1) is 12.9. The van der Waals surface area contributed by atoms with Gasteiger partial charge in [-0.25, -0.2) is 13.1 Å². The third-order valence-corrected chi connectivity index (χ3v) is 7.16. The minimum atomic E-state index is -3.76. The zero-order chi connectivity index (χ0) is 19.4. The van der Waals surface area contributed by atoms with Gasteiger partial charge in [-0.3, -0.25) is 10.1 Å². The number of piperidine rings is 1. The van der Waals surface area contributed by atoms with Crippen molar-refractivity contribution in [1.82, 2.24) is 9.62 Å². The summed E-state index contributed by atoms with van der Waals surface area (Å²) in [7, 11) is -3.76. The summed E-state index contributed by atoms with van der Waals surface area (Å²) >= 11 is 0. The van der Waals surface area contributed by atoms with Crippen LogP contribution in [0.25, 0.3) is 0 Å². The minimum Gasteiger partial charge on any atom is -0.381 e. The highest BCUT2D eigenvalue weighted by molar-refractivity contribution is 7.89. The number of likely N-dealkylation sites (tertiary alicyclic amines) is 1. The maximum Gasteiger partial charge on any atom is 0.270 e. The van der Waals surface area contributed by atoms with Crippen molar-refractivity contribution in [2.45, 2.75) is 43.5 Å².